The molecule has 1 amide bonds. The van der Waals surface area contributed by atoms with Crippen LogP contribution >= 0.6 is 0 Å². The van der Waals surface area contributed by atoms with Gasteiger partial charge >= 0.3 is 0 Å². The van der Waals surface area contributed by atoms with Crippen LogP contribution in [0.4, 0.5) is 4.39 Å². The van der Waals surface area contributed by atoms with E-state index in [1.54, 1.807) is 30.7 Å². The Balaban J connectivity index is 1.55. The molecule has 0 spiro atoms. The minimum absolute atomic E-state index is 0.0233. The molecule has 0 bridgehead atoms. The molecule has 1 atom stereocenters. The summed E-state index contributed by atoms with van der Waals surface area (Å²) in [6.45, 7) is 2.60. The van der Waals surface area contributed by atoms with Crippen LogP contribution in [0.25, 0.3) is 5.82 Å². The molecule has 0 N–H and O–H groups in total. The third-order valence-corrected chi connectivity index (χ3v) is 4.90. The highest BCUT2D eigenvalue weighted by atomic mass is 19.1. The Bertz CT molecular complexity index is 953. The number of imidazole rings is 1. The maximum Gasteiger partial charge on any atom is 0.227 e. The number of rotatable bonds is 4. The molecule has 1 aliphatic heterocycles. The zero-order chi connectivity index (χ0) is 18.8. The van der Waals surface area contributed by atoms with E-state index in [0.29, 0.717) is 12.4 Å². The largest absolute Gasteiger partial charge is 0.334 e. The van der Waals surface area contributed by atoms with Crippen molar-refractivity contribution >= 4 is 5.91 Å². The van der Waals surface area contributed by atoms with Gasteiger partial charge in [-0.3, -0.25) is 14.3 Å². The van der Waals surface area contributed by atoms with Crippen molar-refractivity contribution in [3.05, 3.63) is 72.0 Å². The minimum Gasteiger partial charge on any atom is -0.334 e. The molecule has 1 aromatic carbocycles. The van der Waals surface area contributed by atoms with Gasteiger partial charge < -0.3 is 4.90 Å². The summed E-state index contributed by atoms with van der Waals surface area (Å²) in [6.07, 6.45) is 9.02. The van der Waals surface area contributed by atoms with Gasteiger partial charge in [0.05, 0.1) is 30.6 Å². The van der Waals surface area contributed by atoms with Crippen molar-refractivity contribution in [3.8, 4) is 5.82 Å². The summed E-state index contributed by atoms with van der Waals surface area (Å²) in [5, 5.41) is 0. The number of carbonyl (C=O) groups is 1. The number of carbonyl (C=O) groups excluding carboxylic acids is 1. The molecule has 1 fully saturated rings. The van der Waals surface area contributed by atoms with Crippen LogP contribution in [0.1, 0.15) is 36.0 Å². The van der Waals surface area contributed by atoms with Crippen LogP contribution in [-0.4, -0.2) is 36.9 Å². The number of aromatic nitrogens is 4. The van der Waals surface area contributed by atoms with E-state index in [0.717, 1.165) is 29.9 Å². The molecule has 6 nitrogen and oxygen atoms in total. The van der Waals surface area contributed by atoms with Crippen LogP contribution in [0, 0.1) is 12.7 Å². The molecular weight excluding hydrogens is 345 g/mol. The standard InChI is InChI=1S/C20H20FN5O/c1-14-23-8-10-25(14)19-13-22-12-17(24-19)18-3-2-9-26(18)20(27)11-15-4-6-16(21)7-5-15/h4-8,10,12-13,18H,2-3,9,11H2,1H3/t18-/m0/s1. The van der Waals surface area contributed by atoms with Gasteiger partial charge in [0, 0.05) is 18.9 Å². The van der Waals surface area contributed by atoms with Crippen molar-refractivity contribution in [1.29, 1.82) is 0 Å². The van der Waals surface area contributed by atoms with Gasteiger partial charge in [-0.05, 0) is 37.5 Å². The van der Waals surface area contributed by atoms with Gasteiger partial charge in [-0.1, -0.05) is 12.1 Å². The topological polar surface area (TPSA) is 63.9 Å². The average Bonchev–Trinajstić information content (AvgIpc) is 3.33. The fraction of sp³-hybridized carbons (Fsp3) is 0.300. The van der Waals surface area contributed by atoms with Crippen molar-refractivity contribution in [2.24, 2.45) is 0 Å². The Kier molecular flexibility index (Phi) is 4.66. The molecule has 3 heterocycles. The Morgan fingerprint density at radius 1 is 1.26 bits per heavy atom. The molecule has 0 unspecified atom stereocenters. The molecule has 0 radical (unpaired) electrons. The van der Waals surface area contributed by atoms with Crippen molar-refractivity contribution in [3.63, 3.8) is 0 Å². The first-order valence-corrected chi connectivity index (χ1v) is 8.98. The van der Waals surface area contributed by atoms with Crippen LogP contribution in [0.5, 0.6) is 0 Å². The van der Waals surface area contributed by atoms with Crippen LogP contribution in [0.2, 0.25) is 0 Å². The van der Waals surface area contributed by atoms with E-state index >= 15 is 0 Å². The van der Waals surface area contributed by atoms with Crippen molar-refractivity contribution in [2.75, 3.05) is 6.54 Å². The third-order valence-electron chi connectivity index (χ3n) is 4.90. The summed E-state index contributed by atoms with van der Waals surface area (Å²) in [6, 6.07) is 5.98. The van der Waals surface area contributed by atoms with Crippen LogP contribution < -0.4 is 0 Å². The molecule has 138 valence electrons. The van der Waals surface area contributed by atoms with Gasteiger partial charge in [0.2, 0.25) is 5.91 Å². The Morgan fingerprint density at radius 3 is 2.81 bits per heavy atom. The lowest BCUT2D eigenvalue weighted by molar-refractivity contribution is -0.131. The van der Waals surface area contributed by atoms with Crippen LogP contribution in [-0.2, 0) is 11.2 Å². The normalized spacial score (nSPS) is 16.7. The van der Waals surface area contributed by atoms with E-state index in [9.17, 15) is 9.18 Å². The van der Waals surface area contributed by atoms with E-state index in [1.165, 1.54) is 12.1 Å². The van der Waals surface area contributed by atoms with Gasteiger partial charge in [-0.2, -0.15) is 0 Å². The number of likely N-dealkylation sites (tertiary alicyclic amines) is 1. The lowest BCUT2D eigenvalue weighted by Crippen LogP contribution is -2.32. The minimum atomic E-state index is -0.299. The number of aryl methyl sites for hydroxylation is 1. The van der Waals surface area contributed by atoms with E-state index in [4.69, 9.17) is 4.98 Å². The molecule has 2 aromatic heterocycles. The zero-order valence-corrected chi connectivity index (χ0v) is 15.0. The molecule has 0 aliphatic carbocycles. The number of benzene rings is 1. The van der Waals surface area contributed by atoms with Crippen LogP contribution in [0.15, 0.2) is 49.1 Å². The van der Waals surface area contributed by atoms with E-state index in [-0.39, 0.29) is 24.2 Å². The molecule has 7 heteroatoms. The highest BCUT2D eigenvalue weighted by Gasteiger charge is 2.31. The fourth-order valence-corrected chi connectivity index (χ4v) is 3.52. The Hall–Kier alpha value is -3.09. The summed E-state index contributed by atoms with van der Waals surface area (Å²) < 4.78 is 14.9. The molecule has 0 saturated carbocycles. The number of halogens is 1. The van der Waals surface area contributed by atoms with Gasteiger partial charge in [0.1, 0.15) is 11.6 Å². The van der Waals surface area contributed by atoms with Gasteiger partial charge in [0.25, 0.3) is 0 Å². The first-order chi connectivity index (χ1) is 13.1. The zero-order valence-electron chi connectivity index (χ0n) is 15.0. The van der Waals surface area contributed by atoms with Crippen molar-refractivity contribution in [2.45, 2.75) is 32.2 Å². The molecule has 3 aromatic rings. The smallest absolute Gasteiger partial charge is 0.227 e. The number of hydrogen-bond acceptors (Lipinski definition) is 4. The lowest BCUT2D eigenvalue weighted by atomic mass is 10.1. The summed E-state index contributed by atoms with van der Waals surface area (Å²) in [5.41, 5.74) is 1.59. The second-order valence-corrected chi connectivity index (χ2v) is 6.69. The monoisotopic (exact) mass is 365 g/mol. The molecule has 27 heavy (non-hydrogen) atoms. The number of nitrogens with zero attached hydrogens (tertiary/aromatic N) is 5. The predicted molar refractivity (Wildman–Crippen MR) is 97.7 cm³/mol. The first kappa shape index (κ1) is 17.3. The summed E-state index contributed by atoms with van der Waals surface area (Å²) in [7, 11) is 0. The molecular formula is C20H20FN5O. The van der Waals surface area contributed by atoms with Gasteiger partial charge in [-0.25, -0.2) is 14.4 Å². The van der Waals surface area contributed by atoms with Gasteiger partial charge in [-0.15, -0.1) is 0 Å². The maximum absolute atomic E-state index is 13.1. The first-order valence-electron chi connectivity index (χ1n) is 8.98. The highest BCUT2D eigenvalue weighted by Crippen LogP contribution is 2.31. The summed E-state index contributed by atoms with van der Waals surface area (Å²) >= 11 is 0. The number of hydrogen-bond donors (Lipinski definition) is 0. The van der Waals surface area contributed by atoms with E-state index < -0.39 is 0 Å². The van der Waals surface area contributed by atoms with Crippen LogP contribution in [0.3, 0.4) is 0 Å². The Morgan fingerprint density at radius 2 is 2.07 bits per heavy atom. The second kappa shape index (κ2) is 7.26. The fourth-order valence-electron chi connectivity index (χ4n) is 3.52. The average molecular weight is 365 g/mol. The third kappa shape index (κ3) is 3.58. The van der Waals surface area contributed by atoms with E-state index in [2.05, 4.69) is 9.97 Å². The number of amides is 1. The van der Waals surface area contributed by atoms with Gasteiger partial charge in [0.15, 0.2) is 5.82 Å². The lowest BCUT2D eigenvalue weighted by Gasteiger charge is -2.24. The maximum atomic E-state index is 13.1. The quantitative estimate of drug-likeness (QED) is 0.713. The van der Waals surface area contributed by atoms with Crippen molar-refractivity contribution in [1.82, 2.24) is 24.4 Å². The SMILES string of the molecule is Cc1nccn1-c1cncc([C@@H]2CCCN2C(=O)Cc2ccc(F)cc2)n1. The Labute approximate surface area is 156 Å². The summed E-state index contributed by atoms with van der Waals surface area (Å²) in [5.74, 6) is 1.25. The predicted octanol–water partition coefficient (Wildman–Crippen LogP) is 3.02. The molecule has 1 saturated heterocycles. The molecule has 4 rings (SSSR count). The highest BCUT2D eigenvalue weighted by molar-refractivity contribution is 5.79. The molecule has 1 aliphatic rings. The van der Waals surface area contributed by atoms with E-state index in [1.807, 2.05) is 22.6 Å². The summed E-state index contributed by atoms with van der Waals surface area (Å²) in [4.78, 5) is 27.9. The van der Waals surface area contributed by atoms with Crippen molar-refractivity contribution < 1.29 is 9.18 Å². The second-order valence-electron chi connectivity index (χ2n) is 6.69.